The number of methoxy groups -OCH3 is 2. The number of para-hydroxylation sites is 1. The SMILES string of the molecule is CN=C(NCCOC)NCC(C)c1ccccc1OC.I. The molecule has 2 N–H and O–H groups in total. The monoisotopic (exact) mass is 407 g/mol. The van der Waals surface area contributed by atoms with Gasteiger partial charge >= 0.3 is 0 Å². The Bertz CT molecular complexity index is 427. The zero-order chi connectivity index (χ0) is 14.8. The first kappa shape index (κ1) is 20.0. The van der Waals surface area contributed by atoms with Crippen LogP contribution in [0.3, 0.4) is 0 Å². The average Bonchev–Trinajstić information content (AvgIpc) is 2.50. The fourth-order valence-corrected chi connectivity index (χ4v) is 1.93. The van der Waals surface area contributed by atoms with Gasteiger partial charge in [0.15, 0.2) is 5.96 Å². The van der Waals surface area contributed by atoms with Crippen LogP contribution >= 0.6 is 24.0 Å². The van der Waals surface area contributed by atoms with Crippen molar-refractivity contribution in [1.82, 2.24) is 10.6 Å². The van der Waals surface area contributed by atoms with Gasteiger partial charge in [0.05, 0.1) is 13.7 Å². The molecule has 0 aliphatic heterocycles. The Kier molecular flexibility index (Phi) is 11.1. The van der Waals surface area contributed by atoms with E-state index < -0.39 is 0 Å². The van der Waals surface area contributed by atoms with Crippen molar-refractivity contribution < 1.29 is 9.47 Å². The second-order valence-electron chi connectivity index (χ2n) is 4.52. The van der Waals surface area contributed by atoms with E-state index >= 15 is 0 Å². The number of guanidine groups is 1. The summed E-state index contributed by atoms with van der Waals surface area (Å²) in [6.07, 6.45) is 0. The van der Waals surface area contributed by atoms with E-state index in [0.717, 1.165) is 24.8 Å². The zero-order valence-corrected chi connectivity index (χ0v) is 15.5. The van der Waals surface area contributed by atoms with Gasteiger partial charge in [-0.25, -0.2) is 0 Å². The molecule has 0 bridgehead atoms. The Labute approximate surface area is 144 Å². The maximum Gasteiger partial charge on any atom is 0.191 e. The van der Waals surface area contributed by atoms with Crippen LogP contribution in [0.1, 0.15) is 18.4 Å². The molecular formula is C15H26IN3O2. The summed E-state index contributed by atoms with van der Waals surface area (Å²) in [5.41, 5.74) is 1.19. The summed E-state index contributed by atoms with van der Waals surface area (Å²) >= 11 is 0. The van der Waals surface area contributed by atoms with Crippen molar-refractivity contribution >= 4 is 29.9 Å². The van der Waals surface area contributed by atoms with E-state index in [1.807, 2.05) is 18.2 Å². The highest BCUT2D eigenvalue weighted by molar-refractivity contribution is 14.0. The van der Waals surface area contributed by atoms with Gasteiger partial charge in [-0.1, -0.05) is 25.1 Å². The highest BCUT2D eigenvalue weighted by atomic mass is 127. The highest BCUT2D eigenvalue weighted by Crippen LogP contribution is 2.25. The molecule has 0 saturated carbocycles. The van der Waals surface area contributed by atoms with Crippen LogP contribution in [0.2, 0.25) is 0 Å². The summed E-state index contributed by atoms with van der Waals surface area (Å²) in [4.78, 5) is 4.18. The van der Waals surface area contributed by atoms with E-state index in [2.05, 4.69) is 28.6 Å². The molecule has 1 atom stereocenters. The third-order valence-electron chi connectivity index (χ3n) is 3.07. The maximum absolute atomic E-state index is 5.39. The summed E-state index contributed by atoms with van der Waals surface area (Å²) in [7, 11) is 5.14. The van der Waals surface area contributed by atoms with Crippen LogP contribution < -0.4 is 15.4 Å². The molecule has 5 nitrogen and oxygen atoms in total. The minimum atomic E-state index is 0. The lowest BCUT2D eigenvalue weighted by Gasteiger charge is -2.18. The molecule has 1 aromatic rings. The molecular weight excluding hydrogens is 381 g/mol. The fourth-order valence-electron chi connectivity index (χ4n) is 1.93. The molecule has 0 amide bonds. The van der Waals surface area contributed by atoms with E-state index in [-0.39, 0.29) is 24.0 Å². The van der Waals surface area contributed by atoms with Gasteiger partial charge in [-0.3, -0.25) is 4.99 Å². The first-order chi connectivity index (χ1) is 9.72. The normalized spacial score (nSPS) is 12.3. The average molecular weight is 407 g/mol. The van der Waals surface area contributed by atoms with Crippen molar-refractivity contribution in [1.29, 1.82) is 0 Å². The van der Waals surface area contributed by atoms with Crippen molar-refractivity contribution in [3.05, 3.63) is 29.8 Å². The van der Waals surface area contributed by atoms with Crippen LogP contribution in [-0.2, 0) is 4.74 Å². The third-order valence-corrected chi connectivity index (χ3v) is 3.07. The summed E-state index contributed by atoms with van der Waals surface area (Å²) in [6.45, 7) is 4.34. The lowest BCUT2D eigenvalue weighted by Crippen LogP contribution is -2.40. The molecule has 0 spiro atoms. The van der Waals surface area contributed by atoms with Gasteiger partial charge in [-0.2, -0.15) is 0 Å². The number of aliphatic imine (C=N–C) groups is 1. The van der Waals surface area contributed by atoms with E-state index in [9.17, 15) is 0 Å². The molecule has 1 rings (SSSR count). The molecule has 21 heavy (non-hydrogen) atoms. The molecule has 0 aliphatic rings. The summed E-state index contributed by atoms with van der Waals surface area (Å²) < 4.78 is 10.4. The number of rotatable bonds is 7. The Morgan fingerprint density at radius 1 is 1.24 bits per heavy atom. The Morgan fingerprint density at radius 2 is 1.95 bits per heavy atom. The van der Waals surface area contributed by atoms with Gasteiger partial charge < -0.3 is 20.1 Å². The van der Waals surface area contributed by atoms with Gasteiger partial charge in [0.2, 0.25) is 0 Å². The third kappa shape index (κ3) is 6.99. The number of nitrogens with zero attached hydrogens (tertiary/aromatic N) is 1. The molecule has 1 aromatic carbocycles. The summed E-state index contributed by atoms with van der Waals surface area (Å²) in [5, 5.41) is 6.49. The molecule has 0 saturated heterocycles. The summed E-state index contributed by atoms with van der Waals surface area (Å²) in [6, 6.07) is 8.08. The fraction of sp³-hybridized carbons (Fsp3) is 0.533. The number of ether oxygens (including phenoxy) is 2. The topological polar surface area (TPSA) is 54.9 Å². The van der Waals surface area contributed by atoms with Crippen molar-refractivity contribution in [2.24, 2.45) is 4.99 Å². The van der Waals surface area contributed by atoms with Crippen LogP contribution in [0.4, 0.5) is 0 Å². The Morgan fingerprint density at radius 3 is 2.57 bits per heavy atom. The molecule has 0 fully saturated rings. The zero-order valence-electron chi connectivity index (χ0n) is 13.2. The largest absolute Gasteiger partial charge is 0.496 e. The van der Waals surface area contributed by atoms with Gasteiger partial charge in [-0.15, -0.1) is 24.0 Å². The van der Waals surface area contributed by atoms with E-state index in [1.54, 1.807) is 21.3 Å². The standard InChI is InChI=1S/C15H25N3O2.HI/c1-12(13-7-5-6-8-14(13)20-4)11-18-15(16-2)17-9-10-19-3;/h5-8,12H,9-11H2,1-4H3,(H2,16,17,18);1H. The van der Waals surface area contributed by atoms with E-state index in [4.69, 9.17) is 9.47 Å². The van der Waals surface area contributed by atoms with Crippen LogP contribution in [0.15, 0.2) is 29.3 Å². The van der Waals surface area contributed by atoms with Crippen LogP contribution in [0.5, 0.6) is 5.75 Å². The van der Waals surface area contributed by atoms with Crippen LogP contribution in [-0.4, -0.2) is 46.9 Å². The van der Waals surface area contributed by atoms with Crippen molar-refractivity contribution in [2.45, 2.75) is 12.8 Å². The van der Waals surface area contributed by atoms with Crippen LogP contribution in [0, 0.1) is 0 Å². The van der Waals surface area contributed by atoms with Gasteiger partial charge in [-0.05, 0) is 11.6 Å². The first-order valence-electron chi connectivity index (χ1n) is 6.79. The molecule has 0 aromatic heterocycles. The van der Waals surface area contributed by atoms with Crippen molar-refractivity contribution in [3.63, 3.8) is 0 Å². The molecule has 0 aliphatic carbocycles. The van der Waals surface area contributed by atoms with Crippen LogP contribution in [0.25, 0.3) is 0 Å². The van der Waals surface area contributed by atoms with Crippen molar-refractivity contribution in [2.75, 3.05) is 41.0 Å². The first-order valence-corrected chi connectivity index (χ1v) is 6.79. The Balaban J connectivity index is 0.00000400. The molecule has 0 heterocycles. The van der Waals surface area contributed by atoms with Crippen molar-refractivity contribution in [3.8, 4) is 5.75 Å². The Hall–Kier alpha value is -1.02. The lowest BCUT2D eigenvalue weighted by molar-refractivity contribution is 0.203. The number of benzene rings is 1. The van der Waals surface area contributed by atoms with E-state index in [1.165, 1.54) is 5.56 Å². The van der Waals surface area contributed by atoms with Gasteiger partial charge in [0, 0.05) is 33.2 Å². The number of nitrogens with one attached hydrogen (secondary N) is 2. The second-order valence-corrected chi connectivity index (χ2v) is 4.52. The van der Waals surface area contributed by atoms with Gasteiger partial charge in [0.25, 0.3) is 0 Å². The summed E-state index contributed by atoms with van der Waals surface area (Å²) in [5.74, 6) is 2.03. The molecule has 1 unspecified atom stereocenters. The predicted octanol–water partition coefficient (Wildman–Crippen LogP) is 2.23. The molecule has 120 valence electrons. The minimum absolute atomic E-state index is 0. The smallest absolute Gasteiger partial charge is 0.191 e. The number of hydrogen-bond acceptors (Lipinski definition) is 3. The molecule has 6 heteroatoms. The predicted molar refractivity (Wildman–Crippen MR) is 98.1 cm³/mol. The number of halogens is 1. The molecule has 0 radical (unpaired) electrons. The lowest BCUT2D eigenvalue weighted by atomic mass is 10.0. The van der Waals surface area contributed by atoms with E-state index in [0.29, 0.717) is 12.5 Å². The minimum Gasteiger partial charge on any atom is -0.496 e. The highest BCUT2D eigenvalue weighted by Gasteiger charge is 2.11. The second kappa shape index (κ2) is 11.6. The maximum atomic E-state index is 5.39. The quantitative estimate of drug-likeness (QED) is 0.315. The number of hydrogen-bond donors (Lipinski definition) is 2. The van der Waals surface area contributed by atoms with Gasteiger partial charge in [0.1, 0.15) is 5.75 Å².